The summed E-state index contributed by atoms with van der Waals surface area (Å²) in [5, 5.41) is 4.46. The molecule has 1 heterocycles. The Balaban J connectivity index is 2.29. The first-order valence-corrected chi connectivity index (χ1v) is 8.11. The standard InChI is InChI=1S/C13H17ClN4O2S/c1-8-12(15)4-11(14)5-13(8)21(19,20)16-6-10-7-18(3)17-9(10)2/h4-5,7,16H,6,15H2,1-3H3. The molecule has 0 unspecified atom stereocenters. The number of rotatable bonds is 4. The fraction of sp³-hybridized carbons (Fsp3) is 0.308. The number of hydrogen-bond donors (Lipinski definition) is 2. The molecule has 1 aromatic heterocycles. The van der Waals surface area contributed by atoms with E-state index in [1.54, 1.807) is 24.9 Å². The molecule has 0 saturated carbocycles. The summed E-state index contributed by atoms with van der Waals surface area (Å²) in [5.41, 5.74) is 8.19. The summed E-state index contributed by atoms with van der Waals surface area (Å²) in [6.07, 6.45) is 1.77. The van der Waals surface area contributed by atoms with Crippen LogP contribution < -0.4 is 10.5 Å². The first kappa shape index (κ1) is 15.8. The summed E-state index contributed by atoms with van der Waals surface area (Å²) < 4.78 is 29.0. The van der Waals surface area contributed by atoms with Crippen LogP contribution in [0.3, 0.4) is 0 Å². The number of benzene rings is 1. The molecule has 2 rings (SSSR count). The monoisotopic (exact) mass is 328 g/mol. The minimum Gasteiger partial charge on any atom is -0.398 e. The Morgan fingerprint density at radius 2 is 2.05 bits per heavy atom. The lowest BCUT2D eigenvalue weighted by molar-refractivity contribution is 0.580. The lowest BCUT2D eigenvalue weighted by atomic mass is 10.2. The fourth-order valence-electron chi connectivity index (χ4n) is 2.03. The summed E-state index contributed by atoms with van der Waals surface area (Å²) in [5.74, 6) is 0. The number of anilines is 1. The second-order valence-corrected chi connectivity index (χ2v) is 7.03. The molecule has 0 aliphatic carbocycles. The normalized spacial score (nSPS) is 11.8. The smallest absolute Gasteiger partial charge is 0.241 e. The number of nitrogens with zero attached hydrogens (tertiary/aromatic N) is 2. The van der Waals surface area contributed by atoms with E-state index in [1.807, 2.05) is 6.92 Å². The molecule has 0 bridgehead atoms. The van der Waals surface area contributed by atoms with Gasteiger partial charge in [0, 0.05) is 36.1 Å². The Morgan fingerprint density at radius 1 is 1.38 bits per heavy atom. The van der Waals surface area contributed by atoms with Crippen molar-refractivity contribution in [1.29, 1.82) is 0 Å². The predicted octanol–water partition coefficient (Wildman–Crippen LogP) is 1.75. The molecule has 2 aromatic rings. The van der Waals surface area contributed by atoms with Gasteiger partial charge >= 0.3 is 0 Å². The van der Waals surface area contributed by atoms with Crippen LogP contribution in [0.2, 0.25) is 5.02 Å². The van der Waals surface area contributed by atoms with Crippen LogP contribution in [0.15, 0.2) is 23.2 Å². The van der Waals surface area contributed by atoms with E-state index in [-0.39, 0.29) is 16.5 Å². The third kappa shape index (κ3) is 3.37. The summed E-state index contributed by atoms with van der Waals surface area (Å²) in [7, 11) is -1.91. The molecular formula is C13H17ClN4O2S. The molecule has 0 aliphatic rings. The van der Waals surface area contributed by atoms with Crippen molar-refractivity contribution < 1.29 is 8.42 Å². The Hall–Kier alpha value is -1.57. The van der Waals surface area contributed by atoms with Crippen molar-refractivity contribution in [3.05, 3.63) is 40.2 Å². The predicted molar refractivity (Wildman–Crippen MR) is 82.6 cm³/mol. The molecule has 0 spiro atoms. The van der Waals surface area contributed by atoms with Crippen LogP contribution in [0.25, 0.3) is 0 Å². The topological polar surface area (TPSA) is 90.0 Å². The van der Waals surface area contributed by atoms with Crippen molar-refractivity contribution in [3.8, 4) is 0 Å². The van der Waals surface area contributed by atoms with E-state index in [1.165, 1.54) is 12.1 Å². The Bertz CT molecular complexity index is 784. The van der Waals surface area contributed by atoms with E-state index in [4.69, 9.17) is 17.3 Å². The SMILES string of the molecule is Cc1nn(C)cc1CNS(=O)(=O)c1cc(Cl)cc(N)c1C. The number of aryl methyl sites for hydroxylation is 2. The molecule has 1 aromatic carbocycles. The van der Waals surface area contributed by atoms with E-state index < -0.39 is 10.0 Å². The minimum absolute atomic E-state index is 0.0917. The number of aromatic nitrogens is 2. The highest BCUT2D eigenvalue weighted by atomic mass is 35.5. The second kappa shape index (κ2) is 5.67. The van der Waals surface area contributed by atoms with Crippen molar-refractivity contribution >= 4 is 27.3 Å². The Kier molecular flexibility index (Phi) is 4.27. The maximum atomic E-state index is 12.4. The quantitative estimate of drug-likeness (QED) is 0.837. The van der Waals surface area contributed by atoms with E-state index in [9.17, 15) is 8.42 Å². The number of hydrogen-bond acceptors (Lipinski definition) is 4. The van der Waals surface area contributed by atoms with Gasteiger partial charge in [0.2, 0.25) is 10.0 Å². The maximum Gasteiger partial charge on any atom is 0.241 e. The second-order valence-electron chi connectivity index (χ2n) is 4.86. The largest absolute Gasteiger partial charge is 0.398 e. The highest BCUT2D eigenvalue weighted by Crippen LogP contribution is 2.26. The van der Waals surface area contributed by atoms with Gasteiger partial charge < -0.3 is 5.73 Å². The average Bonchev–Trinajstić information content (AvgIpc) is 2.70. The molecule has 8 heteroatoms. The zero-order valence-electron chi connectivity index (χ0n) is 12.0. The van der Waals surface area contributed by atoms with Gasteiger partial charge in [0.15, 0.2) is 0 Å². The summed E-state index contributed by atoms with van der Waals surface area (Å²) >= 11 is 5.89. The molecule has 0 saturated heterocycles. The molecule has 6 nitrogen and oxygen atoms in total. The van der Waals surface area contributed by atoms with Crippen molar-refractivity contribution in [1.82, 2.24) is 14.5 Å². The molecule has 0 atom stereocenters. The molecule has 0 aliphatic heterocycles. The fourth-order valence-corrected chi connectivity index (χ4v) is 3.62. The highest BCUT2D eigenvalue weighted by molar-refractivity contribution is 7.89. The van der Waals surface area contributed by atoms with Crippen LogP contribution in [-0.2, 0) is 23.6 Å². The van der Waals surface area contributed by atoms with Crippen molar-refractivity contribution in [2.24, 2.45) is 7.05 Å². The van der Waals surface area contributed by atoms with Crippen LogP contribution in [0.1, 0.15) is 16.8 Å². The average molecular weight is 329 g/mol. The summed E-state index contributed by atoms with van der Waals surface area (Å²) in [6, 6.07) is 2.92. The first-order chi connectivity index (χ1) is 9.70. The van der Waals surface area contributed by atoms with Gasteiger partial charge in [0.05, 0.1) is 10.6 Å². The Morgan fingerprint density at radius 3 is 2.62 bits per heavy atom. The van der Waals surface area contributed by atoms with Gasteiger partial charge in [-0.3, -0.25) is 4.68 Å². The van der Waals surface area contributed by atoms with Crippen molar-refractivity contribution in [2.75, 3.05) is 5.73 Å². The number of sulfonamides is 1. The zero-order chi connectivity index (χ0) is 15.8. The Labute approximate surface area is 129 Å². The number of halogens is 1. The van der Waals surface area contributed by atoms with Gasteiger partial charge in [-0.2, -0.15) is 5.10 Å². The van der Waals surface area contributed by atoms with Crippen molar-refractivity contribution in [3.63, 3.8) is 0 Å². The lowest BCUT2D eigenvalue weighted by Crippen LogP contribution is -2.24. The van der Waals surface area contributed by atoms with Gasteiger partial charge in [-0.15, -0.1) is 0 Å². The first-order valence-electron chi connectivity index (χ1n) is 6.25. The van der Waals surface area contributed by atoms with E-state index in [0.717, 1.165) is 11.3 Å². The van der Waals surface area contributed by atoms with Gasteiger partial charge in [-0.05, 0) is 31.5 Å². The zero-order valence-corrected chi connectivity index (χ0v) is 13.6. The lowest BCUT2D eigenvalue weighted by Gasteiger charge is -2.11. The van der Waals surface area contributed by atoms with Crippen LogP contribution in [0.5, 0.6) is 0 Å². The molecule has 3 N–H and O–H groups in total. The third-order valence-corrected chi connectivity index (χ3v) is 4.97. The summed E-state index contributed by atoms with van der Waals surface area (Å²) in [4.78, 5) is 0.0917. The van der Waals surface area contributed by atoms with E-state index in [2.05, 4.69) is 9.82 Å². The van der Waals surface area contributed by atoms with Gasteiger partial charge in [0.25, 0.3) is 0 Å². The van der Waals surface area contributed by atoms with Crippen LogP contribution in [0, 0.1) is 13.8 Å². The number of nitrogen functional groups attached to an aromatic ring is 1. The third-order valence-electron chi connectivity index (χ3n) is 3.22. The number of nitrogens with one attached hydrogen (secondary N) is 1. The van der Waals surface area contributed by atoms with Gasteiger partial charge in [0.1, 0.15) is 0 Å². The molecule has 114 valence electrons. The van der Waals surface area contributed by atoms with Crippen LogP contribution in [0.4, 0.5) is 5.69 Å². The maximum absolute atomic E-state index is 12.4. The van der Waals surface area contributed by atoms with Crippen molar-refractivity contribution in [2.45, 2.75) is 25.3 Å². The van der Waals surface area contributed by atoms with Crippen LogP contribution >= 0.6 is 11.6 Å². The van der Waals surface area contributed by atoms with Gasteiger partial charge in [-0.25, -0.2) is 13.1 Å². The molecular weight excluding hydrogens is 312 g/mol. The molecule has 0 fully saturated rings. The number of nitrogens with two attached hydrogens (primary N) is 1. The molecule has 21 heavy (non-hydrogen) atoms. The van der Waals surface area contributed by atoms with E-state index >= 15 is 0 Å². The van der Waals surface area contributed by atoms with Crippen LogP contribution in [-0.4, -0.2) is 18.2 Å². The van der Waals surface area contributed by atoms with E-state index in [0.29, 0.717) is 11.3 Å². The van der Waals surface area contributed by atoms with Gasteiger partial charge in [-0.1, -0.05) is 11.6 Å². The molecule has 0 amide bonds. The highest BCUT2D eigenvalue weighted by Gasteiger charge is 2.19. The molecule has 0 radical (unpaired) electrons. The summed E-state index contributed by atoms with van der Waals surface area (Å²) in [6.45, 7) is 3.63. The minimum atomic E-state index is -3.69.